The number of aromatic hydroxyl groups is 1. The maximum atomic E-state index is 14.5. The van der Waals surface area contributed by atoms with Gasteiger partial charge in [-0.25, -0.2) is 4.79 Å². The molecule has 17 N–H and O–H groups in total. The molecule has 1 aromatic rings. The molecule has 0 saturated carbocycles. The summed E-state index contributed by atoms with van der Waals surface area (Å²) < 4.78 is 0. The molecule has 0 bridgehead atoms. The van der Waals surface area contributed by atoms with E-state index in [9.17, 15) is 68.1 Å². The summed E-state index contributed by atoms with van der Waals surface area (Å²) in [5.41, 5.74) is 21.7. The van der Waals surface area contributed by atoms with Gasteiger partial charge in [0.05, 0.1) is 19.4 Å². The predicted octanol–water partition coefficient (Wildman–Crippen LogP) is -5.04. The largest absolute Gasteiger partial charge is 0.508 e. The highest BCUT2D eigenvalue weighted by Crippen LogP contribution is 2.22. The van der Waals surface area contributed by atoms with Crippen LogP contribution in [0.5, 0.6) is 5.75 Å². The van der Waals surface area contributed by atoms with E-state index in [0.717, 1.165) is 0 Å². The van der Waals surface area contributed by atoms with Crippen molar-refractivity contribution in [2.24, 2.45) is 34.8 Å². The second-order valence-corrected chi connectivity index (χ2v) is 16.4. The van der Waals surface area contributed by atoms with Crippen LogP contribution in [-0.2, 0) is 59.2 Å². The van der Waals surface area contributed by atoms with Crippen molar-refractivity contribution in [1.82, 2.24) is 36.8 Å². The monoisotopic (exact) mass is 933 g/mol. The molecular formula is C41H63N11O14. The van der Waals surface area contributed by atoms with Crippen molar-refractivity contribution in [2.75, 3.05) is 13.2 Å². The summed E-state index contributed by atoms with van der Waals surface area (Å²) >= 11 is 0. The molecule has 0 aliphatic carbocycles. The summed E-state index contributed by atoms with van der Waals surface area (Å²) in [7, 11) is 0. The molecule has 25 nitrogen and oxygen atoms in total. The van der Waals surface area contributed by atoms with Crippen molar-refractivity contribution in [3.63, 3.8) is 0 Å². The molecule has 1 heterocycles. The van der Waals surface area contributed by atoms with Gasteiger partial charge in [0.1, 0.15) is 54.1 Å². The van der Waals surface area contributed by atoms with Crippen LogP contribution in [0.3, 0.4) is 0 Å². The van der Waals surface area contributed by atoms with Gasteiger partial charge in [-0.05, 0) is 48.8 Å². The van der Waals surface area contributed by atoms with E-state index >= 15 is 0 Å². The van der Waals surface area contributed by atoms with Gasteiger partial charge < -0.3 is 75.1 Å². The van der Waals surface area contributed by atoms with Crippen LogP contribution in [0.1, 0.15) is 78.2 Å². The van der Waals surface area contributed by atoms with Gasteiger partial charge in [-0.1, -0.05) is 46.2 Å². The number of carboxylic acid groups (broad SMARTS) is 1. The Balaban J connectivity index is 2.43. The topological polar surface area (TPSA) is 428 Å². The lowest BCUT2D eigenvalue weighted by molar-refractivity contribution is -0.143. The predicted molar refractivity (Wildman–Crippen MR) is 231 cm³/mol. The van der Waals surface area contributed by atoms with E-state index in [0.29, 0.717) is 18.4 Å². The number of carbonyl (C=O) groups excluding carboxylic acids is 10. The fraction of sp³-hybridized carbons (Fsp3) is 0.585. The Morgan fingerprint density at radius 1 is 0.697 bits per heavy atom. The first-order chi connectivity index (χ1) is 30.9. The smallest absolute Gasteiger partial charge is 0.326 e. The van der Waals surface area contributed by atoms with E-state index in [1.807, 2.05) is 0 Å². The van der Waals surface area contributed by atoms with Gasteiger partial charge in [0.2, 0.25) is 59.1 Å². The van der Waals surface area contributed by atoms with Crippen molar-refractivity contribution < 1.29 is 68.1 Å². The Bertz CT molecular complexity index is 1950. The molecular weight excluding hydrogens is 871 g/mol. The number of aliphatic hydroxyl groups is 1. The fourth-order valence-corrected chi connectivity index (χ4v) is 6.83. The number of carbonyl (C=O) groups is 11. The number of hydrogen-bond donors (Lipinski definition) is 13. The molecule has 1 saturated heterocycles. The van der Waals surface area contributed by atoms with Crippen LogP contribution in [0.4, 0.5) is 0 Å². The van der Waals surface area contributed by atoms with Crippen LogP contribution in [-0.4, -0.2) is 147 Å². The summed E-state index contributed by atoms with van der Waals surface area (Å²) in [6.45, 7) is 5.77. The molecule has 0 aromatic heterocycles. The number of rotatable bonds is 27. The first kappa shape index (κ1) is 55.2. The molecule has 0 radical (unpaired) electrons. The Kier molecular flexibility index (Phi) is 21.9. The van der Waals surface area contributed by atoms with Crippen molar-refractivity contribution in [1.29, 1.82) is 0 Å². The van der Waals surface area contributed by atoms with E-state index in [1.54, 1.807) is 27.7 Å². The number of aliphatic carboxylic acids is 1. The molecule has 1 fully saturated rings. The number of benzene rings is 1. The third kappa shape index (κ3) is 17.2. The number of likely N-dealkylation sites (tertiary alicyclic amines) is 1. The number of aliphatic hydroxyl groups excluding tert-OH is 1. The molecule has 1 aliphatic rings. The van der Waals surface area contributed by atoms with Crippen LogP contribution < -0.4 is 54.8 Å². The van der Waals surface area contributed by atoms with E-state index in [2.05, 4.69) is 31.9 Å². The van der Waals surface area contributed by atoms with Gasteiger partial charge in [0.25, 0.3) is 0 Å². The van der Waals surface area contributed by atoms with E-state index in [4.69, 9.17) is 22.9 Å². The van der Waals surface area contributed by atoms with E-state index in [1.165, 1.54) is 29.2 Å². The molecule has 0 spiro atoms. The third-order valence-corrected chi connectivity index (χ3v) is 10.8. The standard InChI is InChI=1S/C41H63N11O14/c1-5-20(4)33(39(63)50-32(19(2)3)38(62)46-24(41(65)66)12-13-29(43)55)51-37(61)28-7-6-14-52(28)40(64)27(15-21-8-10-22(54)11-9-21)49-36(60)26(17-31(45)57)48-35(59)25(16-30(44)56)47-34(58)23(42)18-53/h8-11,19-20,23-28,32-33,53-54H,5-7,12-18,42H2,1-4H3,(H2,43,55)(H2,44,56)(H2,45,57)(H,46,62)(H,47,58)(H,48,59)(H,49,60)(H,50,63)(H,51,61)(H,65,66)/t20-,23-,24-,25-,26-,27-,28-,32-,33-/m0/s1. The third-order valence-electron chi connectivity index (χ3n) is 10.8. The molecule has 2 rings (SSSR count). The lowest BCUT2D eigenvalue weighted by Crippen LogP contribution is -2.61. The van der Waals surface area contributed by atoms with Crippen LogP contribution >= 0.6 is 0 Å². The lowest BCUT2D eigenvalue weighted by Gasteiger charge is -2.32. The van der Waals surface area contributed by atoms with Crippen molar-refractivity contribution >= 4 is 65.0 Å². The number of nitrogens with two attached hydrogens (primary N) is 4. The summed E-state index contributed by atoms with van der Waals surface area (Å²) in [5, 5.41) is 43.2. The molecule has 366 valence electrons. The fourth-order valence-electron chi connectivity index (χ4n) is 6.83. The molecule has 9 atom stereocenters. The van der Waals surface area contributed by atoms with Gasteiger partial charge in [0, 0.05) is 19.4 Å². The molecule has 10 amide bonds. The van der Waals surface area contributed by atoms with Gasteiger partial charge in [-0.3, -0.25) is 47.9 Å². The first-order valence-electron chi connectivity index (χ1n) is 21.2. The number of phenols is 1. The average Bonchev–Trinajstić information content (AvgIpc) is 3.74. The molecule has 25 heteroatoms. The van der Waals surface area contributed by atoms with Crippen LogP contribution in [0, 0.1) is 11.8 Å². The summed E-state index contributed by atoms with van der Waals surface area (Å²) in [4.78, 5) is 144. The number of nitrogens with one attached hydrogen (secondary N) is 6. The number of hydrogen-bond acceptors (Lipinski definition) is 14. The second kappa shape index (κ2) is 26.2. The number of nitrogens with zero attached hydrogens (tertiary/aromatic N) is 1. The highest BCUT2D eigenvalue weighted by molar-refractivity contribution is 5.99. The minimum atomic E-state index is -1.81. The van der Waals surface area contributed by atoms with Gasteiger partial charge >= 0.3 is 5.97 Å². The maximum Gasteiger partial charge on any atom is 0.326 e. The van der Waals surface area contributed by atoms with Crippen molar-refractivity contribution in [3.8, 4) is 5.75 Å². The zero-order valence-corrected chi connectivity index (χ0v) is 37.2. The molecule has 0 unspecified atom stereocenters. The minimum absolute atomic E-state index is 0.00107. The SMILES string of the molecule is CC[C@H](C)[C@H](NC(=O)[C@@H]1CCCN1C(=O)[C@H](Cc1ccc(O)cc1)NC(=O)[C@H](CC(N)=O)NC(=O)[C@H](CC(N)=O)NC(=O)[C@@H](N)CO)C(=O)N[C@H](C(=O)N[C@@H](CCC(N)=O)C(=O)O)C(C)C. The molecule has 1 aromatic carbocycles. The Labute approximate surface area is 380 Å². The maximum absolute atomic E-state index is 14.5. The zero-order valence-electron chi connectivity index (χ0n) is 37.2. The van der Waals surface area contributed by atoms with Crippen LogP contribution in [0.25, 0.3) is 0 Å². The van der Waals surface area contributed by atoms with Gasteiger partial charge in [0.15, 0.2) is 0 Å². The normalized spacial score (nSPS) is 17.0. The summed E-state index contributed by atoms with van der Waals surface area (Å²) in [6.07, 6.45) is -1.76. The second-order valence-electron chi connectivity index (χ2n) is 16.4. The quantitative estimate of drug-likeness (QED) is 0.0393. The van der Waals surface area contributed by atoms with Crippen LogP contribution in [0.15, 0.2) is 24.3 Å². The number of carboxylic acids is 1. The van der Waals surface area contributed by atoms with Crippen molar-refractivity contribution in [2.45, 2.75) is 127 Å². The molecule has 1 aliphatic heterocycles. The van der Waals surface area contributed by atoms with Gasteiger partial charge in [-0.2, -0.15) is 0 Å². The highest BCUT2D eigenvalue weighted by atomic mass is 16.4. The summed E-state index contributed by atoms with van der Waals surface area (Å²) in [6, 6.07) is -6.26. The Morgan fingerprint density at radius 3 is 1.70 bits per heavy atom. The minimum Gasteiger partial charge on any atom is -0.508 e. The highest BCUT2D eigenvalue weighted by Gasteiger charge is 2.41. The van der Waals surface area contributed by atoms with Crippen LogP contribution in [0.2, 0.25) is 0 Å². The Morgan fingerprint density at radius 2 is 1.21 bits per heavy atom. The average molecular weight is 934 g/mol. The zero-order chi connectivity index (χ0) is 50.0. The van der Waals surface area contributed by atoms with Crippen molar-refractivity contribution in [3.05, 3.63) is 29.8 Å². The number of phenolic OH excluding ortho intramolecular Hbond substituents is 1. The lowest BCUT2D eigenvalue weighted by atomic mass is 9.95. The first-order valence-corrected chi connectivity index (χ1v) is 21.2. The summed E-state index contributed by atoms with van der Waals surface area (Å²) in [5.74, 6) is -12.2. The Hall–Kier alpha value is -6.89. The number of primary amides is 3. The molecule has 66 heavy (non-hydrogen) atoms. The van der Waals surface area contributed by atoms with E-state index < -0.39 is 145 Å². The van der Waals surface area contributed by atoms with Gasteiger partial charge in [-0.15, -0.1) is 0 Å². The van der Waals surface area contributed by atoms with E-state index in [-0.39, 0.29) is 38.0 Å². The number of amides is 10.